The van der Waals surface area contributed by atoms with Gasteiger partial charge in [0.2, 0.25) is 0 Å². The van der Waals surface area contributed by atoms with Crippen LogP contribution in [0.2, 0.25) is 0 Å². The van der Waals surface area contributed by atoms with E-state index >= 15 is 0 Å². The SMILES string of the molecule is Nc1cc([N+](=O)[O-])ccc1NOP(=O)(O)c1ccccc1. The molecule has 0 aliphatic heterocycles. The maximum atomic E-state index is 12.0. The van der Waals surface area contributed by atoms with E-state index in [0.717, 1.165) is 6.07 Å². The average Bonchev–Trinajstić information content (AvgIpc) is 2.46. The summed E-state index contributed by atoms with van der Waals surface area (Å²) in [5.41, 5.74) is 7.86. The highest BCUT2D eigenvalue weighted by Gasteiger charge is 2.23. The predicted molar refractivity (Wildman–Crippen MR) is 78.1 cm³/mol. The van der Waals surface area contributed by atoms with Crippen molar-refractivity contribution in [3.63, 3.8) is 0 Å². The number of nitrogens with zero attached hydrogens (tertiary/aromatic N) is 1. The van der Waals surface area contributed by atoms with Gasteiger partial charge in [-0.05, 0) is 18.2 Å². The van der Waals surface area contributed by atoms with Gasteiger partial charge in [-0.15, -0.1) is 0 Å². The van der Waals surface area contributed by atoms with Gasteiger partial charge in [-0.2, -0.15) is 4.62 Å². The summed E-state index contributed by atoms with van der Waals surface area (Å²) in [4.78, 5) is 19.8. The Labute approximate surface area is 119 Å². The normalized spacial score (nSPS) is 13.4. The monoisotopic (exact) mass is 309 g/mol. The van der Waals surface area contributed by atoms with E-state index in [-0.39, 0.29) is 22.4 Å². The number of nitrogen functional groups attached to an aromatic ring is 1. The number of benzene rings is 2. The minimum atomic E-state index is -4.06. The lowest BCUT2D eigenvalue weighted by Crippen LogP contribution is -2.10. The Morgan fingerprint density at radius 2 is 1.90 bits per heavy atom. The molecule has 0 fully saturated rings. The first kappa shape index (κ1) is 15.0. The van der Waals surface area contributed by atoms with Gasteiger partial charge in [0.25, 0.3) is 5.69 Å². The van der Waals surface area contributed by atoms with Crippen LogP contribution in [-0.4, -0.2) is 9.82 Å². The second-order valence-corrected chi connectivity index (χ2v) is 5.82. The van der Waals surface area contributed by atoms with Gasteiger partial charge in [0.1, 0.15) is 0 Å². The van der Waals surface area contributed by atoms with Gasteiger partial charge in [-0.1, -0.05) is 18.2 Å². The third-order valence-corrected chi connectivity index (χ3v) is 3.90. The lowest BCUT2D eigenvalue weighted by molar-refractivity contribution is -0.384. The van der Waals surface area contributed by atoms with Gasteiger partial charge >= 0.3 is 7.60 Å². The zero-order valence-corrected chi connectivity index (χ0v) is 11.6. The van der Waals surface area contributed by atoms with Crippen molar-refractivity contribution in [2.75, 3.05) is 11.2 Å². The number of nitrogens with two attached hydrogens (primary N) is 1. The fraction of sp³-hybridized carbons (Fsp3) is 0. The van der Waals surface area contributed by atoms with Crippen LogP contribution in [0.1, 0.15) is 0 Å². The number of anilines is 2. The summed E-state index contributed by atoms with van der Waals surface area (Å²) in [6.07, 6.45) is 0. The second kappa shape index (κ2) is 5.92. The van der Waals surface area contributed by atoms with Gasteiger partial charge in [-0.25, -0.2) is 0 Å². The fourth-order valence-corrected chi connectivity index (χ4v) is 2.41. The standard InChI is InChI=1S/C12H12N3O5P/c13-11-8-9(15(16)17)6-7-12(11)14-20-21(18,19)10-4-2-1-3-5-10/h1-8,14H,13H2,(H,18,19). The van der Waals surface area contributed by atoms with Gasteiger partial charge in [-0.3, -0.25) is 20.2 Å². The summed E-state index contributed by atoms with van der Waals surface area (Å²) in [6, 6.07) is 11.4. The number of nitro benzene ring substituents is 1. The Bertz CT molecular complexity index is 707. The summed E-state index contributed by atoms with van der Waals surface area (Å²) in [5.74, 6) is 0. The van der Waals surface area contributed by atoms with Crippen molar-refractivity contribution in [3.05, 3.63) is 58.6 Å². The molecule has 0 amide bonds. The highest BCUT2D eigenvalue weighted by atomic mass is 31.2. The molecule has 0 saturated carbocycles. The molecule has 2 rings (SSSR count). The molecule has 1 atom stereocenters. The molecule has 0 heterocycles. The zero-order valence-electron chi connectivity index (χ0n) is 10.7. The van der Waals surface area contributed by atoms with Gasteiger partial charge in [0.15, 0.2) is 0 Å². The molecule has 9 heteroatoms. The van der Waals surface area contributed by atoms with Crippen LogP contribution in [0.5, 0.6) is 0 Å². The molecule has 8 nitrogen and oxygen atoms in total. The number of non-ortho nitro benzene ring substituents is 1. The number of nitrogens with one attached hydrogen (secondary N) is 1. The van der Waals surface area contributed by atoms with Crippen molar-refractivity contribution >= 4 is 30.0 Å². The van der Waals surface area contributed by atoms with Crippen molar-refractivity contribution in [2.45, 2.75) is 0 Å². The average molecular weight is 309 g/mol. The number of nitro groups is 1. The molecule has 0 aromatic heterocycles. The molecule has 1 unspecified atom stereocenters. The smallest absolute Gasteiger partial charge is 0.379 e. The zero-order chi connectivity index (χ0) is 15.5. The van der Waals surface area contributed by atoms with Crippen LogP contribution < -0.4 is 16.5 Å². The molecule has 0 aliphatic carbocycles. The highest BCUT2D eigenvalue weighted by molar-refractivity contribution is 7.61. The van der Waals surface area contributed by atoms with Crippen LogP contribution in [0.25, 0.3) is 0 Å². The Morgan fingerprint density at radius 3 is 2.48 bits per heavy atom. The van der Waals surface area contributed by atoms with Gasteiger partial charge < -0.3 is 10.6 Å². The van der Waals surface area contributed by atoms with Crippen molar-refractivity contribution in [1.29, 1.82) is 0 Å². The van der Waals surface area contributed by atoms with E-state index in [1.54, 1.807) is 18.2 Å². The Balaban J connectivity index is 2.13. The van der Waals surface area contributed by atoms with E-state index in [9.17, 15) is 19.6 Å². The largest absolute Gasteiger partial charge is 0.397 e. The quantitative estimate of drug-likeness (QED) is 0.333. The first-order valence-electron chi connectivity index (χ1n) is 5.77. The van der Waals surface area contributed by atoms with Crippen LogP contribution in [0, 0.1) is 10.1 Å². The molecule has 2 aromatic carbocycles. The van der Waals surface area contributed by atoms with Crippen LogP contribution in [-0.2, 0) is 9.19 Å². The van der Waals surface area contributed by atoms with E-state index in [0.29, 0.717) is 0 Å². The summed E-state index contributed by atoms with van der Waals surface area (Å²) in [7, 11) is -4.06. The van der Waals surface area contributed by atoms with E-state index in [1.807, 2.05) is 0 Å². The summed E-state index contributed by atoms with van der Waals surface area (Å²) >= 11 is 0. The first-order chi connectivity index (χ1) is 9.90. The molecule has 110 valence electrons. The molecular formula is C12H12N3O5P. The van der Waals surface area contributed by atoms with Crippen LogP contribution >= 0.6 is 7.60 Å². The number of hydrogen-bond acceptors (Lipinski definition) is 6. The number of rotatable bonds is 5. The van der Waals surface area contributed by atoms with E-state index in [2.05, 4.69) is 5.48 Å². The maximum absolute atomic E-state index is 12.0. The molecule has 0 spiro atoms. The lowest BCUT2D eigenvalue weighted by Gasteiger charge is -2.14. The van der Waals surface area contributed by atoms with Gasteiger partial charge in [0, 0.05) is 12.1 Å². The Hall–Kier alpha value is -2.41. The molecule has 0 radical (unpaired) electrons. The van der Waals surface area contributed by atoms with Crippen molar-refractivity contribution in [2.24, 2.45) is 0 Å². The molecule has 0 aliphatic rings. The first-order valence-corrected chi connectivity index (χ1v) is 7.35. The fourth-order valence-electron chi connectivity index (χ4n) is 1.54. The Kier molecular flexibility index (Phi) is 4.23. The second-order valence-electron chi connectivity index (χ2n) is 4.08. The van der Waals surface area contributed by atoms with Crippen LogP contribution in [0.4, 0.5) is 17.1 Å². The van der Waals surface area contributed by atoms with Gasteiger partial charge in [0.05, 0.1) is 21.6 Å². The van der Waals surface area contributed by atoms with Crippen molar-refractivity contribution in [3.8, 4) is 0 Å². The molecule has 2 aromatic rings. The Morgan fingerprint density at radius 1 is 1.24 bits per heavy atom. The third kappa shape index (κ3) is 3.57. The molecule has 21 heavy (non-hydrogen) atoms. The topological polar surface area (TPSA) is 128 Å². The molecule has 4 N–H and O–H groups in total. The molecular weight excluding hydrogens is 297 g/mol. The van der Waals surface area contributed by atoms with E-state index < -0.39 is 12.5 Å². The minimum Gasteiger partial charge on any atom is -0.397 e. The molecule has 0 bridgehead atoms. The summed E-state index contributed by atoms with van der Waals surface area (Å²) < 4.78 is 16.8. The third-order valence-electron chi connectivity index (χ3n) is 2.61. The summed E-state index contributed by atoms with van der Waals surface area (Å²) in [6.45, 7) is 0. The van der Waals surface area contributed by atoms with Crippen molar-refractivity contribution in [1.82, 2.24) is 0 Å². The number of hydrogen-bond donors (Lipinski definition) is 3. The lowest BCUT2D eigenvalue weighted by atomic mass is 10.2. The maximum Gasteiger partial charge on any atom is 0.379 e. The van der Waals surface area contributed by atoms with E-state index in [4.69, 9.17) is 10.4 Å². The van der Waals surface area contributed by atoms with E-state index in [1.165, 1.54) is 24.3 Å². The van der Waals surface area contributed by atoms with Crippen LogP contribution in [0.15, 0.2) is 48.5 Å². The predicted octanol–water partition coefficient (Wildman–Crippen LogP) is 2.03. The van der Waals surface area contributed by atoms with Crippen LogP contribution in [0.3, 0.4) is 0 Å². The minimum absolute atomic E-state index is 0.0252. The van der Waals surface area contributed by atoms with Crippen molar-refractivity contribution < 1.29 is 19.0 Å². The molecule has 0 saturated heterocycles. The summed E-state index contributed by atoms with van der Waals surface area (Å²) in [5, 5.41) is 10.7. The highest BCUT2D eigenvalue weighted by Crippen LogP contribution is 2.41.